The first-order valence-electron chi connectivity index (χ1n) is 10.2. The molecule has 10 nitrogen and oxygen atoms in total. The first kappa shape index (κ1) is 29.9. The van der Waals surface area contributed by atoms with Crippen LogP contribution in [-0.4, -0.2) is 47.6 Å². The van der Waals surface area contributed by atoms with E-state index in [0.29, 0.717) is 23.3 Å². The van der Waals surface area contributed by atoms with Gasteiger partial charge in [0.05, 0.1) is 35.4 Å². The summed E-state index contributed by atoms with van der Waals surface area (Å²) in [4.78, 5) is 38.3. The lowest BCUT2D eigenvalue weighted by Gasteiger charge is -2.14. The van der Waals surface area contributed by atoms with Crippen LogP contribution in [0.2, 0.25) is 5.02 Å². The molecule has 0 spiro atoms. The van der Waals surface area contributed by atoms with Gasteiger partial charge in [-0.1, -0.05) is 52.8 Å². The van der Waals surface area contributed by atoms with Crippen LogP contribution in [0.4, 0.5) is 13.2 Å². The summed E-state index contributed by atoms with van der Waals surface area (Å²) in [5.41, 5.74) is 0.0527. The van der Waals surface area contributed by atoms with Gasteiger partial charge in [0.25, 0.3) is 0 Å². The maximum Gasteiger partial charge on any atom is 0.475 e. The van der Waals surface area contributed by atoms with Crippen LogP contribution in [0, 0.1) is 10.1 Å². The lowest BCUT2D eigenvalue weighted by Crippen LogP contribution is -2.29. The molecule has 0 radical (unpaired) electrons. The van der Waals surface area contributed by atoms with Crippen molar-refractivity contribution >= 4 is 40.7 Å². The van der Waals surface area contributed by atoms with E-state index in [9.17, 15) is 32.9 Å². The zero-order chi connectivity index (χ0) is 27.6. The van der Waals surface area contributed by atoms with Crippen molar-refractivity contribution < 1.29 is 46.7 Å². The molecule has 0 fully saturated rings. The molecule has 0 bridgehead atoms. The quantitative estimate of drug-likeness (QED) is 0.119. The summed E-state index contributed by atoms with van der Waals surface area (Å²) in [5.74, 6) is -0.884. The maximum absolute atomic E-state index is 12.7. The van der Waals surface area contributed by atoms with E-state index in [4.69, 9.17) is 25.9 Å². The van der Waals surface area contributed by atoms with E-state index >= 15 is 0 Å². The molecule has 0 N–H and O–H groups in total. The predicted molar refractivity (Wildman–Crippen MR) is 127 cm³/mol. The summed E-state index contributed by atoms with van der Waals surface area (Å²) in [5, 5.41) is 13.4. The van der Waals surface area contributed by atoms with Gasteiger partial charge in [-0.15, -0.1) is 0 Å². The number of hydrogen-bond donors (Lipinski definition) is 0. The van der Waals surface area contributed by atoms with E-state index in [-0.39, 0.29) is 19.0 Å². The smallest absolute Gasteiger partial charge is 0.468 e. The average molecular weight is 565 g/mol. The summed E-state index contributed by atoms with van der Waals surface area (Å²) in [6.07, 6.45) is -5.34. The first-order valence-corrected chi connectivity index (χ1v) is 11.5. The molecule has 2 aromatic carbocycles. The van der Waals surface area contributed by atoms with Gasteiger partial charge in [-0.25, -0.2) is 0 Å². The molecule has 0 aliphatic carbocycles. The highest BCUT2D eigenvalue weighted by Crippen LogP contribution is 2.35. The zero-order valence-electron chi connectivity index (χ0n) is 19.3. The van der Waals surface area contributed by atoms with Crippen LogP contribution in [0.5, 0.6) is 5.75 Å². The molecule has 0 saturated heterocycles. The molecule has 200 valence electrons. The highest BCUT2D eigenvalue weighted by atomic mass is 35.5. The molecule has 2 unspecified atom stereocenters. The monoisotopic (exact) mass is 564 g/mol. The van der Waals surface area contributed by atoms with Crippen molar-refractivity contribution in [3.8, 4) is 5.75 Å². The molecular weight excluding hydrogens is 545 g/mol. The van der Waals surface area contributed by atoms with Crippen molar-refractivity contribution in [1.29, 1.82) is 0 Å². The Morgan fingerprint density at radius 1 is 1.22 bits per heavy atom. The van der Waals surface area contributed by atoms with Gasteiger partial charge >= 0.3 is 18.6 Å². The number of thioether (sulfide) groups is 1. The normalized spacial score (nSPS) is 13.1. The largest absolute Gasteiger partial charge is 0.475 e. The number of nitro groups is 1. The standard InChI is InChI=1S/C22H20ClF3N2O8S/c1-13(20(30)33-2)37-19(29)12-35-27-10-14-3-5-15(6-4-14)11-34-21(28(31)32)36-18-8-7-16(9-17(18)23)22(24,25)26/h3-10,13,21H,11-12H2,1-2H3/b27-10+. The average Bonchev–Trinajstić information content (AvgIpc) is 2.84. The van der Waals surface area contributed by atoms with Crippen molar-refractivity contribution in [3.63, 3.8) is 0 Å². The SMILES string of the molecule is COC(=O)C(C)SC(=O)CO/N=C/c1ccc(COC(Oc2ccc(C(F)(F)F)cc2Cl)[N+](=O)[O-])cc1. The Morgan fingerprint density at radius 3 is 2.46 bits per heavy atom. The summed E-state index contributed by atoms with van der Waals surface area (Å²) >= 11 is 6.52. The number of nitrogens with zero attached hydrogens (tertiary/aromatic N) is 2. The van der Waals surface area contributed by atoms with Crippen molar-refractivity contribution in [1.82, 2.24) is 0 Å². The minimum atomic E-state index is -4.63. The molecule has 37 heavy (non-hydrogen) atoms. The van der Waals surface area contributed by atoms with Gasteiger partial charge in [-0.3, -0.25) is 24.4 Å². The molecular formula is C22H20ClF3N2O8S. The Bertz CT molecular complexity index is 1130. The second kappa shape index (κ2) is 13.8. The van der Waals surface area contributed by atoms with E-state index in [1.54, 1.807) is 24.3 Å². The summed E-state index contributed by atoms with van der Waals surface area (Å²) < 4.78 is 52.9. The van der Waals surface area contributed by atoms with Crippen molar-refractivity contribution in [3.05, 3.63) is 74.3 Å². The van der Waals surface area contributed by atoms with Gasteiger partial charge in [0.1, 0.15) is 11.0 Å². The van der Waals surface area contributed by atoms with Crippen LogP contribution in [0.25, 0.3) is 0 Å². The Kier molecular flexibility index (Phi) is 11.1. The van der Waals surface area contributed by atoms with E-state index in [1.807, 2.05) is 0 Å². The fraction of sp³-hybridized carbons (Fsp3) is 0.318. The molecule has 0 saturated carbocycles. The van der Waals surface area contributed by atoms with Crippen LogP contribution >= 0.6 is 23.4 Å². The summed E-state index contributed by atoms with van der Waals surface area (Å²) in [7, 11) is 1.22. The molecule has 15 heteroatoms. The maximum atomic E-state index is 12.7. The molecule has 0 aliphatic rings. The van der Waals surface area contributed by atoms with Gasteiger partial charge in [0.2, 0.25) is 5.12 Å². The Morgan fingerprint density at radius 2 is 1.89 bits per heavy atom. The van der Waals surface area contributed by atoms with Crippen molar-refractivity contribution in [2.75, 3.05) is 13.7 Å². The number of oxime groups is 1. The number of carbonyl (C=O) groups is 2. The lowest BCUT2D eigenvalue weighted by molar-refractivity contribution is -0.621. The molecule has 0 aliphatic heterocycles. The minimum Gasteiger partial charge on any atom is -0.468 e. The van der Waals surface area contributed by atoms with Crippen LogP contribution in [0.3, 0.4) is 0 Å². The fourth-order valence-electron chi connectivity index (χ4n) is 2.52. The molecule has 2 aromatic rings. The number of benzene rings is 2. The third-order valence-electron chi connectivity index (χ3n) is 4.33. The lowest BCUT2D eigenvalue weighted by atomic mass is 10.1. The number of esters is 1. The highest BCUT2D eigenvalue weighted by molar-refractivity contribution is 8.14. The van der Waals surface area contributed by atoms with Crippen molar-refractivity contribution in [2.45, 2.75) is 31.4 Å². The Balaban J connectivity index is 1.87. The Hall–Kier alpha value is -3.36. The highest BCUT2D eigenvalue weighted by Gasteiger charge is 2.32. The number of hydrogen-bond acceptors (Lipinski definition) is 10. The number of ether oxygens (including phenoxy) is 3. The number of rotatable bonds is 12. The van der Waals surface area contributed by atoms with E-state index in [2.05, 4.69) is 9.89 Å². The van der Waals surface area contributed by atoms with Gasteiger partial charge in [0, 0.05) is 0 Å². The molecule has 2 rings (SSSR count). The number of alkyl halides is 3. The second-order valence-corrected chi connectivity index (χ2v) is 8.87. The predicted octanol–water partition coefficient (Wildman–Crippen LogP) is 4.69. The van der Waals surface area contributed by atoms with Gasteiger partial charge < -0.3 is 14.3 Å². The van der Waals surface area contributed by atoms with Gasteiger partial charge in [-0.05, 0) is 36.2 Å². The second-order valence-electron chi connectivity index (χ2n) is 7.07. The molecule has 0 amide bonds. The van der Waals surface area contributed by atoms with Crippen LogP contribution in [-0.2, 0) is 36.7 Å². The molecule has 0 aromatic heterocycles. The van der Waals surface area contributed by atoms with Crippen LogP contribution in [0.15, 0.2) is 47.6 Å². The number of methoxy groups -OCH3 is 1. The fourth-order valence-corrected chi connectivity index (χ4v) is 3.45. The summed E-state index contributed by atoms with van der Waals surface area (Å²) in [6.45, 7) is 0.897. The van der Waals surface area contributed by atoms with Crippen LogP contribution in [0.1, 0.15) is 23.6 Å². The van der Waals surface area contributed by atoms with Gasteiger partial charge in [0.15, 0.2) is 6.61 Å². The molecule has 2 atom stereocenters. The topological polar surface area (TPSA) is 127 Å². The van der Waals surface area contributed by atoms with E-state index in [0.717, 1.165) is 17.8 Å². The number of carbonyl (C=O) groups excluding carboxylic acids is 2. The third-order valence-corrected chi connectivity index (χ3v) is 5.55. The minimum absolute atomic E-state index is 0.262. The summed E-state index contributed by atoms with van der Waals surface area (Å²) in [6, 6.07) is 8.47. The zero-order valence-corrected chi connectivity index (χ0v) is 20.8. The third kappa shape index (κ3) is 9.90. The first-order chi connectivity index (χ1) is 17.4. The van der Waals surface area contributed by atoms with E-state index < -0.39 is 44.4 Å². The van der Waals surface area contributed by atoms with Gasteiger partial charge in [-0.2, -0.15) is 13.2 Å². The number of halogens is 4. The van der Waals surface area contributed by atoms with Crippen molar-refractivity contribution in [2.24, 2.45) is 5.16 Å². The van der Waals surface area contributed by atoms with E-state index in [1.165, 1.54) is 20.2 Å². The Labute approximate surface area is 217 Å². The molecule has 0 heterocycles. The van der Waals surface area contributed by atoms with Crippen LogP contribution < -0.4 is 4.74 Å².